The van der Waals surface area contributed by atoms with E-state index in [9.17, 15) is 0 Å². The zero-order chi connectivity index (χ0) is 14.0. The molecule has 1 heterocycles. The number of rotatable bonds is 2. The van der Waals surface area contributed by atoms with E-state index in [0.717, 1.165) is 16.9 Å². The molecule has 0 unspecified atom stereocenters. The van der Waals surface area contributed by atoms with Crippen molar-refractivity contribution in [3.8, 4) is 11.6 Å². The summed E-state index contributed by atoms with van der Waals surface area (Å²) in [5.74, 6) is 1.26. The molecule has 1 aromatic heterocycles. The third-order valence-electron chi connectivity index (χ3n) is 2.77. The number of aryl methyl sites for hydroxylation is 1. The lowest BCUT2D eigenvalue weighted by Crippen LogP contribution is -2.12. The molecule has 0 fully saturated rings. The van der Waals surface area contributed by atoms with Crippen LogP contribution in [0.2, 0.25) is 5.15 Å². The summed E-state index contributed by atoms with van der Waals surface area (Å²) >= 11 is 5.84. The Hall–Kier alpha value is -1.61. The predicted molar refractivity (Wildman–Crippen MR) is 77.0 cm³/mol. The molecule has 1 aromatic carbocycles. The van der Waals surface area contributed by atoms with Crippen molar-refractivity contribution in [2.24, 2.45) is 0 Å². The van der Waals surface area contributed by atoms with Gasteiger partial charge in [0.1, 0.15) is 17.2 Å². The minimum absolute atomic E-state index is 0.000141. The van der Waals surface area contributed by atoms with Crippen LogP contribution in [0.15, 0.2) is 30.6 Å². The van der Waals surface area contributed by atoms with E-state index in [-0.39, 0.29) is 5.41 Å². The largest absolute Gasteiger partial charge is 0.439 e. The number of ether oxygens (including phenoxy) is 1. The Labute approximate surface area is 118 Å². The summed E-state index contributed by atoms with van der Waals surface area (Å²) in [6.45, 7) is 8.48. The van der Waals surface area contributed by atoms with Gasteiger partial charge >= 0.3 is 0 Å². The zero-order valence-electron chi connectivity index (χ0n) is 11.6. The second-order valence-electron chi connectivity index (χ2n) is 5.53. The SMILES string of the molecule is Cc1ccc(C(C)(C)C)c(Oc2cc(Cl)ncn2)c1. The number of aromatic nitrogens is 2. The second kappa shape index (κ2) is 5.17. The fourth-order valence-corrected chi connectivity index (χ4v) is 1.96. The van der Waals surface area contributed by atoms with E-state index >= 15 is 0 Å². The van der Waals surface area contributed by atoms with Gasteiger partial charge in [0.25, 0.3) is 0 Å². The molecule has 2 rings (SSSR count). The lowest BCUT2D eigenvalue weighted by Gasteiger charge is -2.22. The molecule has 0 saturated heterocycles. The quantitative estimate of drug-likeness (QED) is 0.756. The zero-order valence-corrected chi connectivity index (χ0v) is 12.3. The lowest BCUT2D eigenvalue weighted by atomic mass is 9.86. The number of nitrogens with zero attached hydrogens (tertiary/aromatic N) is 2. The molecule has 100 valence electrons. The van der Waals surface area contributed by atoms with E-state index in [1.54, 1.807) is 6.07 Å². The Morgan fingerprint density at radius 1 is 1.11 bits per heavy atom. The average molecular weight is 277 g/mol. The first-order valence-electron chi connectivity index (χ1n) is 6.13. The molecule has 0 radical (unpaired) electrons. The van der Waals surface area contributed by atoms with E-state index in [4.69, 9.17) is 16.3 Å². The Kier molecular flexibility index (Phi) is 3.76. The maximum atomic E-state index is 5.86. The van der Waals surface area contributed by atoms with Crippen LogP contribution in [0.5, 0.6) is 11.6 Å². The predicted octanol–water partition coefficient (Wildman–Crippen LogP) is 4.53. The highest BCUT2D eigenvalue weighted by atomic mass is 35.5. The van der Waals surface area contributed by atoms with Gasteiger partial charge in [-0.1, -0.05) is 44.5 Å². The summed E-state index contributed by atoms with van der Waals surface area (Å²) in [4.78, 5) is 7.91. The van der Waals surface area contributed by atoms with Crippen LogP contribution in [0.25, 0.3) is 0 Å². The highest BCUT2D eigenvalue weighted by Crippen LogP contribution is 2.34. The van der Waals surface area contributed by atoms with E-state index < -0.39 is 0 Å². The van der Waals surface area contributed by atoms with E-state index in [1.807, 2.05) is 13.0 Å². The minimum atomic E-state index is -0.000141. The maximum absolute atomic E-state index is 5.86. The molecular formula is C15H17ClN2O. The number of halogens is 1. The number of hydrogen-bond donors (Lipinski definition) is 0. The molecule has 0 amide bonds. The van der Waals surface area contributed by atoms with Gasteiger partial charge in [-0.25, -0.2) is 9.97 Å². The summed E-state index contributed by atoms with van der Waals surface area (Å²) in [5.41, 5.74) is 2.27. The molecule has 0 spiro atoms. The van der Waals surface area contributed by atoms with E-state index in [1.165, 1.54) is 6.33 Å². The lowest BCUT2D eigenvalue weighted by molar-refractivity contribution is 0.438. The van der Waals surface area contributed by atoms with Crippen molar-refractivity contribution in [1.82, 2.24) is 9.97 Å². The molecule has 0 saturated carbocycles. The van der Waals surface area contributed by atoms with Crippen LogP contribution in [-0.4, -0.2) is 9.97 Å². The second-order valence-corrected chi connectivity index (χ2v) is 5.92. The normalized spacial score (nSPS) is 11.4. The van der Waals surface area contributed by atoms with Gasteiger partial charge < -0.3 is 4.74 Å². The molecule has 0 N–H and O–H groups in total. The van der Waals surface area contributed by atoms with Crippen molar-refractivity contribution < 1.29 is 4.74 Å². The van der Waals surface area contributed by atoms with Crippen LogP contribution >= 0.6 is 11.6 Å². The topological polar surface area (TPSA) is 35.0 Å². The van der Waals surface area contributed by atoms with Gasteiger partial charge in [-0.2, -0.15) is 0 Å². The first-order chi connectivity index (χ1) is 8.86. The van der Waals surface area contributed by atoms with Crippen molar-refractivity contribution >= 4 is 11.6 Å². The van der Waals surface area contributed by atoms with Gasteiger partial charge in [0.2, 0.25) is 5.88 Å². The molecule has 0 aliphatic rings. The van der Waals surface area contributed by atoms with Crippen LogP contribution in [0.1, 0.15) is 31.9 Å². The van der Waals surface area contributed by atoms with Crippen LogP contribution in [-0.2, 0) is 5.41 Å². The Bertz CT molecular complexity index is 591. The van der Waals surface area contributed by atoms with Gasteiger partial charge in [0.15, 0.2) is 0 Å². The Balaban J connectivity index is 2.41. The molecule has 0 bridgehead atoms. The fourth-order valence-electron chi connectivity index (χ4n) is 1.82. The van der Waals surface area contributed by atoms with Crippen LogP contribution in [0.4, 0.5) is 0 Å². The van der Waals surface area contributed by atoms with Gasteiger partial charge in [0.05, 0.1) is 0 Å². The minimum Gasteiger partial charge on any atom is -0.439 e. The monoisotopic (exact) mass is 276 g/mol. The van der Waals surface area contributed by atoms with Crippen molar-refractivity contribution in [2.45, 2.75) is 33.1 Å². The summed E-state index contributed by atoms with van der Waals surface area (Å²) in [6, 6.07) is 7.79. The van der Waals surface area contributed by atoms with Gasteiger partial charge in [0, 0.05) is 11.6 Å². The molecule has 2 aromatic rings. The van der Waals surface area contributed by atoms with Crippen molar-refractivity contribution in [3.05, 3.63) is 46.9 Å². The van der Waals surface area contributed by atoms with E-state index in [0.29, 0.717) is 11.0 Å². The van der Waals surface area contributed by atoms with Crippen LogP contribution in [0.3, 0.4) is 0 Å². The maximum Gasteiger partial charge on any atom is 0.223 e. The standard InChI is InChI=1S/C15H17ClN2O/c1-10-5-6-11(15(2,3)4)12(7-10)19-14-8-13(16)17-9-18-14/h5-9H,1-4H3. The summed E-state index contributed by atoms with van der Waals surface area (Å²) < 4.78 is 5.86. The van der Waals surface area contributed by atoms with Gasteiger partial charge in [-0.05, 0) is 24.0 Å². The van der Waals surface area contributed by atoms with Crippen molar-refractivity contribution in [3.63, 3.8) is 0 Å². The molecule has 4 heteroatoms. The van der Waals surface area contributed by atoms with Crippen LogP contribution in [0, 0.1) is 6.92 Å². The van der Waals surface area contributed by atoms with Gasteiger partial charge in [-0.15, -0.1) is 0 Å². The third kappa shape index (κ3) is 3.44. The Morgan fingerprint density at radius 3 is 2.47 bits per heavy atom. The molecule has 0 aliphatic heterocycles. The van der Waals surface area contributed by atoms with Gasteiger partial charge in [-0.3, -0.25) is 0 Å². The average Bonchev–Trinajstić information content (AvgIpc) is 2.27. The molecule has 3 nitrogen and oxygen atoms in total. The smallest absolute Gasteiger partial charge is 0.223 e. The first-order valence-corrected chi connectivity index (χ1v) is 6.50. The highest BCUT2D eigenvalue weighted by molar-refractivity contribution is 6.29. The summed E-state index contributed by atoms with van der Waals surface area (Å²) in [5, 5.41) is 0.370. The van der Waals surface area contributed by atoms with Crippen molar-refractivity contribution in [2.75, 3.05) is 0 Å². The van der Waals surface area contributed by atoms with Crippen LogP contribution < -0.4 is 4.74 Å². The molecule has 0 atom stereocenters. The first kappa shape index (κ1) is 13.8. The number of benzene rings is 1. The number of hydrogen-bond acceptors (Lipinski definition) is 3. The van der Waals surface area contributed by atoms with Crippen molar-refractivity contribution in [1.29, 1.82) is 0 Å². The molecule has 0 aliphatic carbocycles. The molecule has 19 heavy (non-hydrogen) atoms. The Morgan fingerprint density at radius 2 is 1.84 bits per heavy atom. The molecular weight excluding hydrogens is 260 g/mol. The highest BCUT2D eigenvalue weighted by Gasteiger charge is 2.19. The van der Waals surface area contributed by atoms with E-state index in [2.05, 4.69) is 42.9 Å². The third-order valence-corrected chi connectivity index (χ3v) is 2.97. The summed E-state index contributed by atoms with van der Waals surface area (Å²) in [7, 11) is 0. The summed E-state index contributed by atoms with van der Waals surface area (Å²) in [6.07, 6.45) is 1.39. The fraction of sp³-hybridized carbons (Fsp3) is 0.333.